The normalized spacial score (nSPS) is 16.2. The van der Waals surface area contributed by atoms with Gasteiger partial charge in [-0.2, -0.15) is 13.2 Å². The van der Waals surface area contributed by atoms with E-state index in [9.17, 15) is 31.2 Å². The molecule has 2 aromatic carbocycles. The van der Waals surface area contributed by atoms with Gasteiger partial charge in [0.25, 0.3) is 0 Å². The van der Waals surface area contributed by atoms with Crippen LogP contribution in [0.25, 0.3) is 11.1 Å². The molecule has 1 atom stereocenters. The Morgan fingerprint density at radius 3 is 2.44 bits per heavy atom. The van der Waals surface area contributed by atoms with Crippen LogP contribution in [0.4, 0.5) is 29.5 Å². The largest absolute Gasteiger partial charge is 0.417 e. The lowest BCUT2D eigenvalue weighted by Gasteiger charge is -2.32. The van der Waals surface area contributed by atoms with E-state index >= 15 is 0 Å². The highest BCUT2D eigenvalue weighted by molar-refractivity contribution is 7.88. The van der Waals surface area contributed by atoms with Crippen molar-refractivity contribution in [1.82, 2.24) is 15.0 Å². The molecule has 0 bridgehead atoms. The van der Waals surface area contributed by atoms with E-state index in [0.717, 1.165) is 35.1 Å². The molecule has 13 heteroatoms. The zero-order chi connectivity index (χ0) is 28.2. The second-order valence-corrected chi connectivity index (χ2v) is 10.8. The van der Waals surface area contributed by atoms with Gasteiger partial charge in [0.1, 0.15) is 11.9 Å². The summed E-state index contributed by atoms with van der Waals surface area (Å²) in [6.07, 6.45) is -1.80. The maximum absolute atomic E-state index is 13.1. The third kappa shape index (κ3) is 7.33. The maximum Gasteiger partial charge on any atom is 0.417 e. The van der Waals surface area contributed by atoms with Gasteiger partial charge >= 0.3 is 12.2 Å². The molecule has 0 saturated carbocycles. The van der Waals surface area contributed by atoms with E-state index in [2.05, 4.69) is 20.3 Å². The predicted molar refractivity (Wildman–Crippen MR) is 140 cm³/mol. The number of carbonyl (C=O) groups excluding carboxylic acids is 2. The molecule has 0 unspecified atom stereocenters. The van der Waals surface area contributed by atoms with Gasteiger partial charge in [0.2, 0.25) is 15.9 Å². The van der Waals surface area contributed by atoms with Crippen molar-refractivity contribution in [3.05, 3.63) is 78.0 Å². The molecule has 3 aromatic rings. The first-order valence-electron chi connectivity index (χ1n) is 12.0. The lowest BCUT2D eigenvalue weighted by Crippen LogP contribution is -2.53. The van der Waals surface area contributed by atoms with Crippen LogP contribution < -0.4 is 20.3 Å². The Morgan fingerprint density at radius 1 is 1.08 bits per heavy atom. The molecule has 1 fully saturated rings. The molecule has 9 nitrogen and oxygen atoms in total. The number of rotatable bonds is 7. The number of sulfonamides is 1. The Morgan fingerprint density at radius 2 is 1.79 bits per heavy atom. The quantitative estimate of drug-likeness (QED) is 0.401. The van der Waals surface area contributed by atoms with Gasteiger partial charge in [0.05, 0.1) is 11.8 Å². The minimum atomic E-state index is -4.54. The number of pyridine rings is 1. The summed E-state index contributed by atoms with van der Waals surface area (Å²) in [5.74, 6) is -0.398. The number of piperidine rings is 1. The van der Waals surface area contributed by atoms with Crippen molar-refractivity contribution in [3.63, 3.8) is 0 Å². The Bertz CT molecular complexity index is 1450. The summed E-state index contributed by atoms with van der Waals surface area (Å²) in [7, 11) is -3.36. The highest BCUT2D eigenvalue weighted by Gasteiger charge is 2.32. The number of amides is 3. The second-order valence-electron chi connectivity index (χ2n) is 9.01. The fourth-order valence-electron chi connectivity index (χ4n) is 4.20. The molecule has 1 saturated heterocycles. The van der Waals surface area contributed by atoms with E-state index in [-0.39, 0.29) is 18.3 Å². The number of hydrogen-bond donors (Lipinski definition) is 3. The summed E-state index contributed by atoms with van der Waals surface area (Å²) in [6, 6.07) is 14.9. The molecule has 0 spiro atoms. The molecule has 0 radical (unpaired) electrons. The number of benzene rings is 2. The molecule has 0 aliphatic carbocycles. The monoisotopic (exact) mass is 561 g/mol. The van der Waals surface area contributed by atoms with Gasteiger partial charge in [-0.05, 0) is 53.8 Å². The van der Waals surface area contributed by atoms with Crippen LogP contribution in [-0.2, 0) is 27.5 Å². The SMILES string of the molecule is CS(=O)(=O)NCc1ccccc1-c1ccc(N2CCC[C@@H](NC(=O)Nc3ccc(C(F)(F)F)cn3)C2=O)cc1. The minimum absolute atomic E-state index is 0.0804. The van der Waals surface area contributed by atoms with Crippen LogP contribution in [-0.4, -0.2) is 44.2 Å². The molecule has 206 valence electrons. The zero-order valence-electron chi connectivity index (χ0n) is 20.8. The number of aromatic nitrogens is 1. The number of nitrogens with one attached hydrogen (secondary N) is 3. The van der Waals surface area contributed by atoms with Crippen molar-refractivity contribution in [2.75, 3.05) is 23.0 Å². The van der Waals surface area contributed by atoms with Crippen molar-refractivity contribution < 1.29 is 31.2 Å². The van der Waals surface area contributed by atoms with Crippen molar-refractivity contribution >= 4 is 33.5 Å². The van der Waals surface area contributed by atoms with Gasteiger partial charge in [-0.15, -0.1) is 0 Å². The smallest absolute Gasteiger partial charge is 0.326 e. The fraction of sp³-hybridized carbons (Fsp3) is 0.269. The number of urea groups is 1. The fourth-order valence-corrected chi connectivity index (χ4v) is 4.62. The third-order valence-electron chi connectivity index (χ3n) is 6.11. The standard InChI is InChI=1S/C26H26F3N5O4S/c1-39(37,38)31-15-18-5-2-3-6-21(18)17-8-11-20(12-9-17)34-14-4-7-22(24(34)35)32-25(36)33-23-13-10-19(16-30-23)26(27,28)29/h2-3,5-6,8-13,16,22,31H,4,7,14-15H2,1H3,(H2,30,32,33,36)/t22-/m1/s1. The van der Waals surface area contributed by atoms with Crippen LogP contribution in [0.2, 0.25) is 0 Å². The number of alkyl halides is 3. The molecule has 1 aliphatic rings. The van der Waals surface area contributed by atoms with Gasteiger partial charge in [0.15, 0.2) is 0 Å². The van der Waals surface area contributed by atoms with Crippen LogP contribution in [0, 0.1) is 0 Å². The molecule has 2 heterocycles. The number of hydrogen-bond acceptors (Lipinski definition) is 5. The van der Waals surface area contributed by atoms with E-state index in [4.69, 9.17) is 0 Å². The van der Waals surface area contributed by atoms with Gasteiger partial charge < -0.3 is 10.2 Å². The summed E-state index contributed by atoms with van der Waals surface area (Å²) < 4.78 is 63.6. The summed E-state index contributed by atoms with van der Waals surface area (Å²) in [6.45, 7) is 0.589. The van der Waals surface area contributed by atoms with E-state index in [1.807, 2.05) is 36.4 Å². The molecule has 1 aromatic heterocycles. The predicted octanol–water partition coefficient (Wildman–Crippen LogP) is 4.13. The first-order valence-corrected chi connectivity index (χ1v) is 13.8. The number of halogens is 3. The van der Waals surface area contributed by atoms with Gasteiger partial charge in [-0.25, -0.2) is 22.9 Å². The molecule has 4 rings (SSSR count). The lowest BCUT2D eigenvalue weighted by molar-refractivity contribution is -0.137. The van der Waals surface area contributed by atoms with E-state index < -0.39 is 33.8 Å². The summed E-state index contributed by atoms with van der Waals surface area (Å²) in [5.41, 5.74) is 2.17. The van der Waals surface area contributed by atoms with Crippen molar-refractivity contribution in [1.29, 1.82) is 0 Å². The number of carbonyl (C=O) groups is 2. The summed E-state index contributed by atoms with van der Waals surface area (Å²) in [5, 5.41) is 4.92. The van der Waals surface area contributed by atoms with E-state index in [1.54, 1.807) is 17.0 Å². The average Bonchev–Trinajstić information content (AvgIpc) is 2.88. The lowest BCUT2D eigenvalue weighted by atomic mass is 9.98. The average molecular weight is 562 g/mol. The van der Waals surface area contributed by atoms with Gasteiger partial charge in [0, 0.05) is 25.0 Å². The third-order valence-corrected chi connectivity index (χ3v) is 6.78. The van der Waals surface area contributed by atoms with Crippen LogP contribution in [0.15, 0.2) is 66.9 Å². The van der Waals surface area contributed by atoms with Gasteiger partial charge in [-0.3, -0.25) is 10.1 Å². The number of anilines is 2. The molecular weight excluding hydrogens is 535 g/mol. The Labute approximate surface area is 223 Å². The van der Waals surface area contributed by atoms with E-state index in [0.29, 0.717) is 31.3 Å². The van der Waals surface area contributed by atoms with Crippen molar-refractivity contribution in [3.8, 4) is 11.1 Å². The summed E-state index contributed by atoms with van der Waals surface area (Å²) >= 11 is 0. The van der Waals surface area contributed by atoms with Crippen molar-refractivity contribution in [2.24, 2.45) is 0 Å². The molecule has 3 amide bonds. The number of nitrogens with zero attached hydrogens (tertiary/aromatic N) is 2. The van der Waals surface area contributed by atoms with Crippen LogP contribution in [0.3, 0.4) is 0 Å². The second kappa shape index (κ2) is 11.4. The minimum Gasteiger partial charge on any atom is -0.326 e. The maximum atomic E-state index is 13.1. The Hall–Kier alpha value is -3.97. The van der Waals surface area contributed by atoms with Crippen LogP contribution in [0.1, 0.15) is 24.0 Å². The van der Waals surface area contributed by atoms with Crippen LogP contribution >= 0.6 is 0 Å². The van der Waals surface area contributed by atoms with E-state index in [1.165, 1.54) is 0 Å². The Balaban J connectivity index is 1.41. The molecule has 3 N–H and O–H groups in total. The highest BCUT2D eigenvalue weighted by Crippen LogP contribution is 2.30. The summed E-state index contributed by atoms with van der Waals surface area (Å²) in [4.78, 5) is 30.7. The molecular formula is C26H26F3N5O4S. The van der Waals surface area contributed by atoms with Crippen LogP contribution in [0.5, 0.6) is 0 Å². The first kappa shape index (κ1) is 28.0. The molecule has 1 aliphatic heterocycles. The highest BCUT2D eigenvalue weighted by atomic mass is 32.2. The zero-order valence-corrected chi connectivity index (χ0v) is 21.6. The topological polar surface area (TPSA) is 120 Å². The van der Waals surface area contributed by atoms with Crippen molar-refractivity contribution in [2.45, 2.75) is 31.6 Å². The molecule has 39 heavy (non-hydrogen) atoms. The first-order chi connectivity index (χ1) is 18.4. The Kier molecular flexibility index (Phi) is 8.21. The van der Waals surface area contributed by atoms with Gasteiger partial charge in [-0.1, -0.05) is 36.4 Å².